The molecule has 7 nitrogen and oxygen atoms in total. The molecule has 106 valence electrons. The minimum atomic E-state index is -0.479. The van der Waals surface area contributed by atoms with Gasteiger partial charge in [-0.25, -0.2) is 0 Å². The van der Waals surface area contributed by atoms with Gasteiger partial charge in [-0.15, -0.1) is 0 Å². The number of rotatable bonds is 4. The van der Waals surface area contributed by atoms with Crippen LogP contribution in [0.1, 0.15) is 5.56 Å². The SMILES string of the molecule is COc1ccc(CNN)cc1.O=[N+]([O-])c1cccnc1. The van der Waals surface area contributed by atoms with Gasteiger partial charge in [0.2, 0.25) is 0 Å². The highest BCUT2D eigenvalue weighted by molar-refractivity contribution is 5.26. The van der Waals surface area contributed by atoms with E-state index >= 15 is 0 Å². The van der Waals surface area contributed by atoms with Crippen LogP contribution in [0.25, 0.3) is 0 Å². The summed E-state index contributed by atoms with van der Waals surface area (Å²) in [6, 6.07) is 10.7. The number of pyridine rings is 1. The maximum absolute atomic E-state index is 9.97. The zero-order valence-corrected chi connectivity index (χ0v) is 11.0. The number of hydrazine groups is 1. The molecule has 1 aromatic carbocycles. The van der Waals surface area contributed by atoms with Crippen molar-refractivity contribution in [3.63, 3.8) is 0 Å². The second kappa shape index (κ2) is 8.57. The van der Waals surface area contributed by atoms with Crippen molar-refractivity contribution in [2.24, 2.45) is 5.84 Å². The second-order valence-electron chi connectivity index (χ2n) is 3.70. The van der Waals surface area contributed by atoms with Crippen LogP contribution < -0.4 is 16.0 Å². The maximum Gasteiger partial charge on any atom is 0.287 e. The summed E-state index contributed by atoms with van der Waals surface area (Å²) in [5, 5.41) is 9.97. The molecule has 0 atom stereocenters. The first-order chi connectivity index (χ1) is 9.67. The van der Waals surface area contributed by atoms with E-state index in [9.17, 15) is 10.1 Å². The lowest BCUT2D eigenvalue weighted by atomic mass is 10.2. The number of nitro groups is 1. The Morgan fingerprint density at radius 3 is 2.45 bits per heavy atom. The van der Waals surface area contributed by atoms with Gasteiger partial charge in [0.1, 0.15) is 11.9 Å². The van der Waals surface area contributed by atoms with Crippen LogP contribution in [0.3, 0.4) is 0 Å². The Bertz CT molecular complexity index is 517. The molecule has 0 amide bonds. The number of nitrogens with two attached hydrogens (primary N) is 1. The van der Waals surface area contributed by atoms with E-state index in [1.54, 1.807) is 7.11 Å². The fourth-order valence-corrected chi connectivity index (χ4v) is 1.32. The van der Waals surface area contributed by atoms with Crippen molar-refractivity contribution >= 4 is 5.69 Å². The highest BCUT2D eigenvalue weighted by atomic mass is 16.6. The van der Waals surface area contributed by atoms with E-state index < -0.39 is 4.92 Å². The van der Waals surface area contributed by atoms with Gasteiger partial charge >= 0.3 is 0 Å². The minimum absolute atomic E-state index is 0.0255. The molecule has 1 heterocycles. The molecule has 0 fully saturated rings. The average Bonchev–Trinajstić information content (AvgIpc) is 2.50. The Kier molecular flexibility index (Phi) is 6.66. The number of nitrogens with one attached hydrogen (secondary N) is 1. The monoisotopic (exact) mass is 276 g/mol. The Hall–Kier alpha value is -2.51. The van der Waals surface area contributed by atoms with Crippen LogP contribution in [0, 0.1) is 10.1 Å². The summed E-state index contributed by atoms with van der Waals surface area (Å²) >= 11 is 0. The fraction of sp³-hybridized carbons (Fsp3) is 0.154. The van der Waals surface area contributed by atoms with Gasteiger partial charge in [0.05, 0.1) is 12.0 Å². The largest absolute Gasteiger partial charge is 0.497 e. The van der Waals surface area contributed by atoms with Crippen LogP contribution in [0.15, 0.2) is 48.8 Å². The van der Waals surface area contributed by atoms with Crippen molar-refractivity contribution in [3.8, 4) is 5.75 Å². The number of ether oxygens (including phenoxy) is 1. The third-order valence-corrected chi connectivity index (χ3v) is 2.32. The van der Waals surface area contributed by atoms with E-state index in [0.717, 1.165) is 11.3 Å². The Labute approximate surface area is 116 Å². The maximum atomic E-state index is 9.97. The molecule has 0 radical (unpaired) electrons. The lowest BCUT2D eigenvalue weighted by molar-refractivity contribution is -0.385. The molecule has 1 aromatic heterocycles. The number of hydrogen-bond acceptors (Lipinski definition) is 6. The highest BCUT2D eigenvalue weighted by Crippen LogP contribution is 2.10. The lowest BCUT2D eigenvalue weighted by Gasteiger charge is -2.01. The van der Waals surface area contributed by atoms with E-state index in [2.05, 4.69) is 10.4 Å². The molecular formula is C13H16N4O3. The lowest BCUT2D eigenvalue weighted by Crippen LogP contribution is -2.20. The number of aromatic nitrogens is 1. The van der Waals surface area contributed by atoms with E-state index in [4.69, 9.17) is 10.6 Å². The quantitative estimate of drug-likeness (QED) is 0.500. The first kappa shape index (κ1) is 15.5. The molecule has 0 bridgehead atoms. The number of benzene rings is 1. The van der Waals surface area contributed by atoms with Gasteiger partial charge in [0.25, 0.3) is 5.69 Å². The summed E-state index contributed by atoms with van der Waals surface area (Å²) in [5.74, 6) is 6.02. The predicted octanol–water partition coefficient (Wildman–Crippen LogP) is 1.65. The van der Waals surface area contributed by atoms with Crippen molar-refractivity contribution in [1.29, 1.82) is 0 Å². The molecule has 0 aliphatic carbocycles. The van der Waals surface area contributed by atoms with Gasteiger partial charge in [-0.2, -0.15) is 0 Å². The zero-order valence-electron chi connectivity index (χ0n) is 11.0. The van der Waals surface area contributed by atoms with Crippen molar-refractivity contribution in [2.75, 3.05) is 7.11 Å². The summed E-state index contributed by atoms with van der Waals surface area (Å²) in [7, 11) is 1.65. The van der Waals surface area contributed by atoms with Crippen LogP contribution in [0.5, 0.6) is 5.75 Å². The summed E-state index contributed by atoms with van der Waals surface area (Å²) in [4.78, 5) is 13.1. The molecule has 0 spiro atoms. The normalized spacial score (nSPS) is 9.30. The number of hydrogen-bond donors (Lipinski definition) is 2. The number of nitrogens with zero attached hydrogens (tertiary/aromatic N) is 2. The first-order valence-corrected chi connectivity index (χ1v) is 5.78. The van der Waals surface area contributed by atoms with Crippen LogP contribution in [0.2, 0.25) is 0 Å². The fourth-order valence-electron chi connectivity index (χ4n) is 1.32. The Balaban J connectivity index is 0.000000204. The minimum Gasteiger partial charge on any atom is -0.497 e. The van der Waals surface area contributed by atoms with Gasteiger partial charge < -0.3 is 4.74 Å². The Morgan fingerprint density at radius 2 is 2.05 bits per heavy atom. The average molecular weight is 276 g/mol. The topological polar surface area (TPSA) is 103 Å². The van der Waals surface area contributed by atoms with Crippen molar-refractivity contribution in [3.05, 3.63) is 64.5 Å². The molecule has 0 saturated carbocycles. The van der Waals surface area contributed by atoms with Crippen molar-refractivity contribution < 1.29 is 9.66 Å². The third-order valence-electron chi connectivity index (χ3n) is 2.32. The van der Waals surface area contributed by atoms with Gasteiger partial charge in [0, 0.05) is 18.8 Å². The van der Waals surface area contributed by atoms with Crippen LogP contribution >= 0.6 is 0 Å². The van der Waals surface area contributed by atoms with Gasteiger partial charge in [-0.3, -0.25) is 26.4 Å². The van der Waals surface area contributed by atoms with E-state index in [0.29, 0.717) is 6.54 Å². The van der Waals surface area contributed by atoms with Crippen LogP contribution in [0.4, 0.5) is 5.69 Å². The third kappa shape index (κ3) is 5.42. The van der Waals surface area contributed by atoms with Crippen LogP contribution in [-0.4, -0.2) is 17.0 Å². The molecule has 2 rings (SSSR count). The molecule has 3 N–H and O–H groups in total. The zero-order chi connectivity index (χ0) is 14.8. The second-order valence-corrected chi connectivity index (χ2v) is 3.70. The molecule has 0 aliphatic rings. The van der Waals surface area contributed by atoms with Gasteiger partial charge in [-0.05, 0) is 23.8 Å². The molecule has 0 saturated heterocycles. The van der Waals surface area contributed by atoms with Crippen molar-refractivity contribution in [1.82, 2.24) is 10.4 Å². The summed E-state index contributed by atoms with van der Waals surface area (Å²) in [5.41, 5.74) is 3.75. The van der Waals surface area contributed by atoms with Gasteiger partial charge in [-0.1, -0.05) is 12.1 Å². The van der Waals surface area contributed by atoms with Crippen LogP contribution in [-0.2, 0) is 6.54 Å². The van der Waals surface area contributed by atoms with Crippen molar-refractivity contribution in [2.45, 2.75) is 6.54 Å². The smallest absolute Gasteiger partial charge is 0.287 e. The first-order valence-electron chi connectivity index (χ1n) is 5.78. The predicted molar refractivity (Wildman–Crippen MR) is 74.9 cm³/mol. The molecule has 0 aliphatic heterocycles. The molecular weight excluding hydrogens is 260 g/mol. The van der Waals surface area contributed by atoms with E-state index in [1.165, 1.54) is 24.5 Å². The van der Waals surface area contributed by atoms with E-state index in [1.807, 2.05) is 24.3 Å². The molecule has 20 heavy (non-hydrogen) atoms. The van der Waals surface area contributed by atoms with E-state index in [-0.39, 0.29) is 5.69 Å². The Morgan fingerprint density at radius 1 is 1.35 bits per heavy atom. The van der Waals surface area contributed by atoms with Gasteiger partial charge in [0.15, 0.2) is 0 Å². The standard InChI is InChI=1S/C8H12N2O.C5H4N2O2/c1-11-8-4-2-7(3-5-8)6-10-9;8-7(9)5-2-1-3-6-4-5/h2-5,10H,6,9H2,1H3;1-4H. The highest BCUT2D eigenvalue weighted by Gasteiger charge is 1.99. The summed E-state index contributed by atoms with van der Waals surface area (Å²) in [6.45, 7) is 0.685. The molecule has 2 aromatic rings. The number of methoxy groups -OCH3 is 1. The summed E-state index contributed by atoms with van der Waals surface area (Å²) < 4.78 is 5.00. The summed E-state index contributed by atoms with van der Waals surface area (Å²) in [6.07, 6.45) is 2.70. The molecule has 7 heteroatoms. The molecule has 0 unspecified atom stereocenters.